The lowest BCUT2D eigenvalue weighted by atomic mass is 10.3. The molecule has 0 fully saturated rings. The van der Waals surface area contributed by atoms with Crippen LogP contribution in [0.5, 0.6) is 0 Å². The first kappa shape index (κ1) is 8.27. The molecule has 1 aromatic rings. The van der Waals surface area contributed by atoms with Gasteiger partial charge in [0.2, 0.25) is 0 Å². The molecule has 0 bridgehead atoms. The Kier molecular flexibility index (Phi) is 2.65. The summed E-state index contributed by atoms with van der Waals surface area (Å²) in [5, 5.41) is 0. The molecular formula is C8H14N2O. The van der Waals surface area contributed by atoms with Crippen LogP contribution in [0, 0.1) is 6.92 Å². The molecule has 1 N–H and O–H groups in total. The smallest absolute Gasteiger partial charge is 0.103 e. The SMILES string of the molecule is CCOC(C)c1c[nH]c(C)n1. The van der Waals surface area contributed by atoms with E-state index in [-0.39, 0.29) is 6.10 Å². The standard InChI is InChI=1S/C8H14N2O/c1-4-11-6(2)8-5-9-7(3)10-8/h5-6H,4H2,1-3H3,(H,9,10). The lowest BCUT2D eigenvalue weighted by Crippen LogP contribution is -1.99. The second-order valence-corrected chi connectivity index (χ2v) is 2.51. The fourth-order valence-corrected chi connectivity index (χ4v) is 0.980. The van der Waals surface area contributed by atoms with Crippen molar-refractivity contribution in [1.82, 2.24) is 9.97 Å². The average molecular weight is 154 g/mol. The Balaban J connectivity index is 2.60. The summed E-state index contributed by atoms with van der Waals surface area (Å²) in [6.07, 6.45) is 1.99. The molecule has 0 saturated heterocycles. The lowest BCUT2D eigenvalue weighted by Gasteiger charge is -2.06. The van der Waals surface area contributed by atoms with Gasteiger partial charge < -0.3 is 9.72 Å². The zero-order valence-corrected chi connectivity index (χ0v) is 7.22. The molecule has 1 atom stereocenters. The van der Waals surface area contributed by atoms with E-state index in [1.54, 1.807) is 0 Å². The highest BCUT2D eigenvalue weighted by Gasteiger charge is 2.06. The molecule has 3 nitrogen and oxygen atoms in total. The Morgan fingerprint density at radius 3 is 2.91 bits per heavy atom. The van der Waals surface area contributed by atoms with Crippen molar-refractivity contribution in [3.8, 4) is 0 Å². The Bertz CT molecular complexity index is 220. The van der Waals surface area contributed by atoms with E-state index < -0.39 is 0 Å². The molecule has 0 aromatic carbocycles. The summed E-state index contributed by atoms with van der Waals surface area (Å²) in [6, 6.07) is 0. The minimum absolute atomic E-state index is 0.102. The number of aryl methyl sites for hydroxylation is 1. The third-order valence-corrected chi connectivity index (χ3v) is 1.56. The fraction of sp³-hybridized carbons (Fsp3) is 0.625. The van der Waals surface area contributed by atoms with Gasteiger partial charge in [0.05, 0.1) is 11.8 Å². The quantitative estimate of drug-likeness (QED) is 0.721. The molecule has 0 aliphatic carbocycles. The highest BCUT2D eigenvalue weighted by Crippen LogP contribution is 2.12. The summed E-state index contributed by atoms with van der Waals surface area (Å²) in [5.41, 5.74) is 0.976. The Morgan fingerprint density at radius 1 is 1.73 bits per heavy atom. The first-order valence-electron chi connectivity index (χ1n) is 3.87. The molecule has 3 heteroatoms. The maximum Gasteiger partial charge on any atom is 0.103 e. The molecule has 0 aliphatic heterocycles. The number of aromatic nitrogens is 2. The van der Waals surface area contributed by atoms with Gasteiger partial charge in [-0.1, -0.05) is 0 Å². The van der Waals surface area contributed by atoms with Crippen LogP contribution in [-0.2, 0) is 4.74 Å². The summed E-state index contributed by atoms with van der Waals surface area (Å²) in [4.78, 5) is 7.27. The molecule has 1 heterocycles. The van der Waals surface area contributed by atoms with Gasteiger partial charge in [-0.3, -0.25) is 0 Å². The van der Waals surface area contributed by atoms with Crippen LogP contribution in [0.25, 0.3) is 0 Å². The predicted molar refractivity (Wildman–Crippen MR) is 43.4 cm³/mol. The summed E-state index contributed by atoms with van der Waals surface area (Å²) < 4.78 is 5.36. The molecule has 0 saturated carbocycles. The molecular weight excluding hydrogens is 140 g/mol. The molecule has 0 radical (unpaired) electrons. The van der Waals surface area contributed by atoms with Crippen LogP contribution in [0.2, 0.25) is 0 Å². The number of aromatic amines is 1. The molecule has 0 aliphatic rings. The predicted octanol–water partition coefficient (Wildman–Crippen LogP) is 1.82. The number of ether oxygens (including phenoxy) is 1. The van der Waals surface area contributed by atoms with Crippen molar-refractivity contribution in [2.45, 2.75) is 26.9 Å². The number of imidazole rings is 1. The van der Waals surface area contributed by atoms with Gasteiger partial charge in [-0.15, -0.1) is 0 Å². The van der Waals surface area contributed by atoms with E-state index in [4.69, 9.17) is 4.74 Å². The van der Waals surface area contributed by atoms with Crippen molar-refractivity contribution < 1.29 is 4.74 Å². The van der Waals surface area contributed by atoms with Gasteiger partial charge >= 0.3 is 0 Å². The monoisotopic (exact) mass is 154 g/mol. The van der Waals surface area contributed by atoms with Crippen molar-refractivity contribution in [3.63, 3.8) is 0 Å². The van der Waals surface area contributed by atoms with E-state index in [1.165, 1.54) is 0 Å². The summed E-state index contributed by atoms with van der Waals surface area (Å²) >= 11 is 0. The van der Waals surface area contributed by atoms with Crippen LogP contribution in [0.4, 0.5) is 0 Å². The van der Waals surface area contributed by atoms with E-state index in [2.05, 4.69) is 9.97 Å². The third-order valence-electron chi connectivity index (χ3n) is 1.56. The first-order valence-corrected chi connectivity index (χ1v) is 3.87. The van der Waals surface area contributed by atoms with Gasteiger partial charge in [0.1, 0.15) is 5.82 Å². The second-order valence-electron chi connectivity index (χ2n) is 2.51. The van der Waals surface area contributed by atoms with E-state index in [1.807, 2.05) is 27.0 Å². The maximum atomic E-state index is 5.36. The van der Waals surface area contributed by atoms with Crippen molar-refractivity contribution in [1.29, 1.82) is 0 Å². The second kappa shape index (κ2) is 3.53. The van der Waals surface area contributed by atoms with Crippen LogP contribution >= 0.6 is 0 Å². The fourth-order valence-electron chi connectivity index (χ4n) is 0.980. The Morgan fingerprint density at radius 2 is 2.45 bits per heavy atom. The van der Waals surface area contributed by atoms with Crippen LogP contribution < -0.4 is 0 Å². The number of H-pyrrole nitrogens is 1. The highest BCUT2D eigenvalue weighted by molar-refractivity contribution is 5.02. The van der Waals surface area contributed by atoms with Crippen molar-refractivity contribution in [3.05, 3.63) is 17.7 Å². The number of nitrogens with zero attached hydrogens (tertiary/aromatic N) is 1. The van der Waals surface area contributed by atoms with Gasteiger partial charge in [-0.25, -0.2) is 4.98 Å². The minimum Gasteiger partial charge on any atom is -0.372 e. The van der Waals surface area contributed by atoms with Crippen molar-refractivity contribution in [2.75, 3.05) is 6.61 Å². The first-order chi connectivity index (χ1) is 5.24. The molecule has 62 valence electrons. The lowest BCUT2D eigenvalue weighted by molar-refractivity contribution is 0.0736. The minimum atomic E-state index is 0.102. The zero-order valence-electron chi connectivity index (χ0n) is 7.22. The number of hydrogen-bond donors (Lipinski definition) is 1. The largest absolute Gasteiger partial charge is 0.372 e. The Labute approximate surface area is 66.8 Å². The zero-order chi connectivity index (χ0) is 8.27. The van der Waals surface area contributed by atoms with Crippen LogP contribution in [0.3, 0.4) is 0 Å². The average Bonchev–Trinajstić information content (AvgIpc) is 2.36. The van der Waals surface area contributed by atoms with Crippen LogP contribution in [-0.4, -0.2) is 16.6 Å². The normalized spacial score (nSPS) is 13.4. The van der Waals surface area contributed by atoms with Crippen LogP contribution in [0.15, 0.2) is 6.20 Å². The number of rotatable bonds is 3. The van der Waals surface area contributed by atoms with Gasteiger partial charge in [0.15, 0.2) is 0 Å². The van der Waals surface area contributed by atoms with E-state index in [9.17, 15) is 0 Å². The maximum absolute atomic E-state index is 5.36. The van der Waals surface area contributed by atoms with Gasteiger partial charge in [-0.2, -0.15) is 0 Å². The van der Waals surface area contributed by atoms with Gasteiger partial charge in [0.25, 0.3) is 0 Å². The molecule has 0 spiro atoms. The molecule has 0 amide bonds. The summed E-state index contributed by atoms with van der Waals surface area (Å²) in [5.74, 6) is 0.937. The van der Waals surface area contributed by atoms with Crippen molar-refractivity contribution in [2.24, 2.45) is 0 Å². The summed E-state index contributed by atoms with van der Waals surface area (Å²) in [7, 11) is 0. The molecule has 1 rings (SSSR count). The third kappa shape index (κ3) is 2.05. The Hall–Kier alpha value is -0.830. The summed E-state index contributed by atoms with van der Waals surface area (Å²) in [6.45, 7) is 6.64. The molecule has 1 aromatic heterocycles. The van der Waals surface area contributed by atoms with E-state index in [0.29, 0.717) is 0 Å². The van der Waals surface area contributed by atoms with E-state index >= 15 is 0 Å². The highest BCUT2D eigenvalue weighted by atomic mass is 16.5. The number of hydrogen-bond acceptors (Lipinski definition) is 2. The molecule has 11 heavy (non-hydrogen) atoms. The van der Waals surface area contributed by atoms with Crippen LogP contribution in [0.1, 0.15) is 31.5 Å². The van der Waals surface area contributed by atoms with Gasteiger partial charge in [0, 0.05) is 12.8 Å². The van der Waals surface area contributed by atoms with E-state index in [0.717, 1.165) is 18.1 Å². The number of nitrogens with one attached hydrogen (secondary N) is 1. The van der Waals surface area contributed by atoms with Gasteiger partial charge in [-0.05, 0) is 20.8 Å². The topological polar surface area (TPSA) is 37.9 Å². The van der Waals surface area contributed by atoms with Crippen molar-refractivity contribution >= 4 is 0 Å². The molecule has 1 unspecified atom stereocenters.